The average molecular weight is 491 g/mol. The molecule has 4 aromatic rings. The number of rotatable bonds is 6. The number of nitrogens with one attached hydrogen (secondary N) is 2. The first-order chi connectivity index (χ1) is 17.5. The van der Waals surface area contributed by atoms with Crippen molar-refractivity contribution in [3.8, 4) is 11.1 Å². The number of carbonyl (C=O) groups excluding carboxylic acids is 1. The highest BCUT2D eigenvalue weighted by atomic mass is 19.1. The molecule has 10 nitrogen and oxygen atoms in total. The molecule has 0 saturated carbocycles. The van der Waals surface area contributed by atoms with Crippen molar-refractivity contribution in [2.24, 2.45) is 5.73 Å². The lowest BCUT2D eigenvalue weighted by molar-refractivity contribution is 0.0334. The maximum Gasteiger partial charge on any atom is 0.323 e. The van der Waals surface area contributed by atoms with Crippen molar-refractivity contribution in [1.82, 2.24) is 19.5 Å². The number of halogens is 1. The number of nitrogens with two attached hydrogens (primary N) is 2. The van der Waals surface area contributed by atoms with Gasteiger partial charge >= 0.3 is 6.03 Å². The van der Waals surface area contributed by atoms with Gasteiger partial charge in [-0.05, 0) is 41.5 Å². The molecule has 2 aromatic heterocycles. The fourth-order valence-corrected chi connectivity index (χ4v) is 4.27. The number of nitrogen functional groups attached to an aromatic ring is 1. The van der Waals surface area contributed by atoms with Gasteiger partial charge in [-0.1, -0.05) is 18.2 Å². The first-order valence-electron chi connectivity index (χ1n) is 11.6. The number of hydrogen-bond donors (Lipinski definition) is 4. The molecule has 1 saturated heterocycles. The average Bonchev–Trinajstić information content (AvgIpc) is 3.26. The molecule has 0 spiro atoms. The lowest BCUT2D eigenvalue weighted by atomic mass is 10.1. The van der Waals surface area contributed by atoms with Crippen LogP contribution >= 0.6 is 0 Å². The maximum absolute atomic E-state index is 14.0. The van der Waals surface area contributed by atoms with Gasteiger partial charge in [-0.2, -0.15) is 5.10 Å². The van der Waals surface area contributed by atoms with E-state index in [-0.39, 0.29) is 12.2 Å². The number of benzene rings is 2. The van der Waals surface area contributed by atoms with E-state index in [2.05, 4.69) is 31.7 Å². The lowest BCUT2D eigenvalue weighted by Crippen LogP contribution is -2.36. The van der Waals surface area contributed by atoms with Crippen LogP contribution in [0, 0.1) is 5.82 Å². The zero-order chi connectivity index (χ0) is 25.1. The van der Waals surface area contributed by atoms with E-state index in [1.165, 1.54) is 18.5 Å². The number of nitrogens with zero attached hydrogens (tertiary/aromatic N) is 4. The van der Waals surface area contributed by atoms with E-state index in [4.69, 9.17) is 16.2 Å². The van der Waals surface area contributed by atoms with Gasteiger partial charge in [-0.25, -0.2) is 18.7 Å². The van der Waals surface area contributed by atoms with Crippen LogP contribution in [0.25, 0.3) is 16.6 Å². The summed E-state index contributed by atoms with van der Waals surface area (Å²) in [5.74, 6) is -0.150. The highest BCUT2D eigenvalue weighted by Crippen LogP contribution is 2.31. The van der Waals surface area contributed by atoms with Crippen molar-refractivity contribution in [3.63, 3.8) is 0 Å². The summed E-state index contributed by atoms with van der Waals surface area (Å²) < 4.78 is 21.3. The second-order valence-corrected chi connectivity index (χ2v) is 8.52. The summed E-state index contributed by atoms with van der Waals surface area (Å²) in [7, 11) is 0. The van der Waals surface area contributed by atoms with Crippen LogP contribution in [0.15, 0.2) is 54.9 Å². The van der Waals surface area contributed by atoms with Gasteiger partial charge in [0.25, 0.3) is 0 Å². The number of morpholine rings is 1. The van der Waals surface area contributed by atoms with Crippen LogP contribution < -0.4 is 22.1 Å². The van der Waals surface area contributed by atoms with E-state index in [1.54, 1.807) is 18.2 Å². The molecule has 0 radical (unpaired) electrons. The molecular formula is C25H27FN8O2. The largest absolute Gasteiger partial charge is 0.382 e. The van der Waals surface area contributed by atoms with Crippen LogP contribution in [0.1, 0.15) is 11.3 Å². The first-order valence-corrected chi connectivity index (χ1v) is 11.6. The quantitative estimate of drug-likeness (QED) is 0.326. The van der Waals surface area contributed by atoms with Crippen LogP contribution in [0.2, 0.25) is 0 Å². The Morgan fingerprint density at radius 2 is 1.86 bits per heavy atom. The van der Waals surface area contributed by atoms with Crippen LogP contribution in [0.3, 0.4) is 0 Å². The number of hydrogen-bond acceptors (Lipinski definition) is 7. The summed E-state index contributed by atoms with van der Waals surface area (Å²) in [6, 6.07) is 13.2. The van der Waals surface area contributed by atoms with Crippen molar-refractivity contribution in [1.29, 1.82) is 0 Å². The maximum atomic E-state index is 14.0. The van der Waals surface area contributed by atoms with Crippen molar-refractivity contribution >= 4 is 28.7 Å². The molecular weight excluding hydrogens is 463 g/mol. The van der Waals surface area contributed by atoms with Gasteiger partial charge in [-0.15, -0.1) is 0 Å². The Hall–Kier alpha value is -4.06. The van der Waals surface area contributed by atoms with Gasteiger partial charge in [0.05, 0.1) is 24.6 Å². The van der Waals surface area contributed by atoms with Gasteiger partial charge in [0.2, 0.25) is 0 Å². The Balaban J connectivity index is 1.35. The van der Waals surface area contributed by atoms with Crippen LogP contribution in [0.5, 0.6) is 0 Å². The van der Waals surface area contributed by atoms with Crippen LogP contribution in [-0.4, -0.2) is 51.8 Å². The molecule has 0 atom stereocenters. The first kappa shape index (κ1) is 23.7. The molecule has 1 aliphatic rings. The third-order valence-electron chi connectivity index (χ3n) is 6.11. The molecule has 3 heterocycles. The normalized spacial score (nSPS) is 14.2. The standard InChI is InChI=1S/C25H27FN8O2/c26-21-6-1-16(13-27)11-22(21)32-25(35)31-18-4-2-17(3-5-18)20-12-19(14-33-7-9-36-10-8-33)34-23(20)24(28)29-15-30-34/h1-6,11-12,15H,7-10,13-14,27H2,(H2,28,29,30)(H2,31,32,35). The van der Waals surface area contributed by atoms with Crippen molar-refractivity contribution in [2.45, 2.75) is 13.1 Å². The van der Waals surface area contributed by atoms with Crippen molar-refractivity contribution in [3.05, 3.63) is 71.9 Å². The van der Waals surface area contributed by atoms with Gasteiger partial charge in [0.1, 0.15) is 17.7 Å². The highest BCUT2D eigenvalue weighted by molar-refractivity contribution is 6.00. The zero-order valence-electron chi connectivity index (χ0n) is 19.6. The smallest absolute Gasteiger partial charge is 0.323 e. The number of ether oxygens (including phenoxy) is 1. The van der Waals surface area contributed by atoms with Gasteiger partial charge in [0.15, 0.2) is 5.82 Å². The molecule has 36 heavy (non-hydrogen) atoms. The number of urea groups is 1. The Morgan fingerprint density at radius 3 is 2.61 bits per heavy atom. The molecule has 11 heteroatoms. The minimum absolute atomic E-state index is 0.0654. The fraction of sp³-hybridized carbons (Fsp3) is 0.240. The molecule has 0 unspecified atom stereocenters. The minimum Gasteiger partial charge on any atom is -0.382 e. The summed E-state index contributed by atoms with van der Waals surface area (Å²) in [6.45, 7) is 4.08. The number of anilines is 3. The van der Waals surface area contributed by atoms with Gasteiger partial charge < -0.3 is 26.8 Å². The predicted molar refractivity (Wildman–Crippen MR) is 136 cm³/mol. The van der Waals surface area contributed by atoms with E-state index >= 15 is 0 Å². The number of fused-ring (bicyclic) bond motifs is 1. The summed E-state index contributed by atoms with van der Waals surface area (Å²) in [5, 5.41) is 9.68. The Morgan fingerprint density at radius 1 is 1.08 bits per heavy atom. The van der Waals surface area contributed by atoms with Crippen molar-refractivity contribution in [2.75, 3.05) is 42.7 Å². The third kappa shape index (κ3) is 4.98. The predicted octanol–water partition coefficient (Wildman–Crippen LogP) is 3.05. The molecule has 186 valence electrons. The molecule has 0 aliphatic carbocycles. The van der Waals surface area contributed by atoms with Gasteiger partial charge in [-0.3, -0.25) is 4.90 Å². The summed E-state index contributed by atoms with van der Waals surface area (Å²) >= 11 is 0. The number of aromatic nitrogens is 3. The Bertz CT molecular complexity index is 1380. The van der Waals surface area contributed by atoms with E-state index in [0.717, 1.165) is 35.4 Å². The van der Waals surface area contributed by atoms with Crippen LogP contribution in [-0.2, 0) is 17.8 Å². The molecule has 2 amide bonds. The summed E-state index contributed by atoms with van der Waals surface area (Å²) in [5.41, 5.74) is 16.7. The monoisotopic (exact) mass is 490 g/mol. The third-order valence-corrected chi connectivity index (χ3v) is 6.11. The van der Waals surface area contributed by atoms with Crippen LogP contribution in [0.4, 0.5) is 26.4 Å². The number of amides is 2. The highest BCUT2D eigenvalue weighted by Gasteiger charge is 2.19. The second-order valence-electron chi connectivity index (χ2n) is 8.52. The van der Waals surface area contributed by atoms with E-state index in [9.17, 15) is 9.18 Å². The fourth-order valence-electron chi connectivity index (χ4n) is 4.27. The molecule has 2 aromatic carbocycles. The topological polar surface area (TPSA) is 136 Å². The van der Waals surface area contributed by atoms with E-state index in [1.807, 2.05) is 16.6 Å². The molecule has 6 N–H and O–H groups in total. The minimum atomic E-state index is -0.560. The molecule has 1 fully saturated rings. The molecule has 5 rings (SSSR count). The summed E-state index contributed by atoms with van der Waals surface area (Å²) in [4.78, 5) is 18.9. The molecule has 0 bridgehead atoms. The molecule has 1 aliphatic heterocycles. The Kier molecular flexibility index (Phi) is 6.76. The second kappa shape index (κ2) is 10.3. The van der Waals surface area contributed by atoms with E-state index < -0.39 is 11.8 Å². The SMILES string of the molecule is NCc1ccc(F)c(NC(=O)Nc2ccc(-c3cc(CN4CCOCC4)n4ncnc(N)c34)cc2)c1. The van der Waals surface area contributed by atoms with Crippen molar-refractivity contribution < 1.29 is 13.9 Å². The van der Waals surface area contributed by atoms with Gasteiger partial charge in [0, 0.05) is 37.4 Å². The zero-order valence-corrected chi connectivity index (χ0v) is 19.6. The number of carbonyl (C=O) groups is 1. The Labute approximate surface area is 207 Å². The lowest BCUT2D eigenvalue weighted by Gasteiger charge is -2.26. The van der Waals surface area contributed by atoms with E-state index in [0.29, 0.717) is 36.8 Å². The summed E-state index contributed by atoms with van der Waals surface area (Å²) in [6.07, 6.45) is 1.45.